The minimum atomic E-state index is -0.842. The summed E-state index contributed by atoms with van der Waals surface area (Å²) in [6, 6.07) is 15.4. The number of rotatable bonds is 3. The molecule has 2 amide bonds. The Kier molecular flexibility index (Phi) is 7.66. The number of primary amides is 1. The molecular weight excluding hydrogens is 458 g/mol. The molecule has 186 valence electrons. The predicted octanol–water partition coefficient (Wildman–Crippen LogP) is 2.51. The van der Waals surface area contributed by atoms with Crippen molar-refractivity contribution in [2.24, 2.45) is 5.73 Å². The number of nitrogens with two attached hydrogens (primary N) is 1. The van der Waals surface area contributed by atoms with Gasteiger partial charge < -0.3 is 20.5 Å². The monoisotopic (exact) mass is 487 g/mol. The summed E-state index contributed by atoms with van der Waals surface area (Å²) in [7, 11) is 1.75. The molecule has 1 aliphatic heterocycles. The van der Waals surface area contributed by atoms with Crippen molar-refractivity contribution in [1.82, 2.24) is 14.8 Å². The molecule has 3 aromatic rings. The van der Waals surface area contributed by atoms with Crippen LogP contribution in [-0.2, 0) is 11.3 Å². The number of hydrogen-bond donors (Lipinski definition) is 2. The lowest BCUT2D eigenvalue weighted by Crippen LogP contribution is -2.25. The van der Waals surface area contributed by atoms with Crippen LogP contribution in [0.3, 0.4) is 0 Å². The first-order chi connectivity index (χ1) is 17.3. The second kappa shape index (κ2) is 11.1. The molecule has 0 unspecified atom stereocenters. The maximum absolute atomic E-state index is 11.9. The van der Waals surface area contributed by atoms with Crippen LogP contribution in [0.4, 0.5) is 5.69 Å². The van der Waals surface area contributed by atoms with Crippen LogP contribution in [0, 0.1) is 11.8 Å². The number of aliphatic hydroxyl groups is 1. The Hall–Kier alpha value is -4.16. The standard InChI is InChI=1S/C17H19NO3.C10H10N4O/c1-18-14-12-13(6-10-17(20)8-2-3-9-17)4-5-15(14)21-11-7-16(18)19;11-9(15)10-12-7-14(13-10)6-8-4-2-1-3-5-8/h4-5,12,20H,2-3,7-9,11H2,1H3;1-5,7H,6H2,(H2,11,15). The van der Waals surface area contributed by atoms with Gasteiger partial charge in [-0.15, -0.1) is 5.10 Å². The van der Waals surface area contributed by atoms with E-state index in [0.29, 0.717) is 25.3 Å². The number of benzene rings is 2. The highest BCUT2D eigenvalue weighted by molar-refractivity contribution is 5.95. The first kappa shape index (κ1) is 24.9. The van der Waals surface area contributed by atoms with Crippen LogP contribution < -0.4 is 15.4 Å². The number of fused-ring (bicyclic) bond motifs is 1. The second-order valence-corrected chi connectivity index (χ2v) is 8.84. The number of ether oxygens (including phenoxy) is 1. The quantitative estimate of drug-likeness (QED) is 0.547. The number of hydrogen-bond acceptors (Lipinski definition) is 6. The normalized spacial score (nSPS) is 15.9. The molecule has 9 heteroatoms. The maximum atomic E-state index is 11.9. The van der Waals surface area contributed by atoms with Gasteiger partial charge >= 0.3 is 0 Å². The molecule has 0 bridgehead atoms. The van der Waals surface area contributed by atoms with Gasteiger partial charge in [0.1, 0.15) is 17.7 Å². The van der Waals surface area contributed by atoms with Crippen molar-refractivity contribution in [2.75, 3.05) is 18.6 Å². The van der Waals surface area contributed by atoms with Gasteiger partial charge in [0.2, 0.25) is 11.7 Å². The first-order valence-corrected chi connectivity index (χ1v) is 11.9. The van der Waals surface area contributed by atoms with E-state index in [1.54, 1.807) is 16.6 Å². The molecule has 2 aromatic carbocycles. The molecule has 1 aromatic heterocycles. The Morgan fingerprint density at radius 3 is 2.64 bits per heavy atom. The van der Waals surface area contributed by atoms with E-state index < -0.39 is 11.5 Å². The van der Waals surface area contributed by atoms with Crippen LogP contribution in [-0.4, -0.2) is 50.9 Å². The molecule has 0 radical (unpaired) electrons. The fraction of sp³-hybridized carbons (Fsp3) is 0.333. The molecule has 2 aliphatic rings. The summed E-state index contributed by atoms with van der Waals surface area (Å²) in [6.07, 6.45) is 5.42. The number of carbonyl (C=O) groups is 2. The van der Waals surface area contributed by atoms with Crippen molar-refractivity contribution in [3.8, 4) is 17.6 Å². The molecule has 36 heavy (non-hydrogen) atoms. The van der Waals surface area contributed by atoms with Crippen LogP contribution in [0.5, 0.6) is 5.75 Å². The Balaban J connectivity index is 0.000000179. The minimum Gasteiger partial charge on any atom is -0.491 e. The molecule has 9 nitrogen and oxygen atoms in total. The van der Waals surface area contributed by atoms with E-state index in [1.807, 2.05) is 48.5 Å². The van der Waals surface area contributed by atoms with Gasteiger partial charge in [0, 0.05) is 12.6 Å². The number of aromatic nitrogens is 3. The zero-order valence-electron chi connectivity index (χ0n) is 20.2. The van der Waals surface area contributed by atoms with Crippen LogP contribution in [0.2, 0.25) is 0 Å². The Morgan fingerprint density at radius 2 is 1.94 bits per heavy atom. The third-order valence-electron chi connectivity index (χ3n) is 6.08. The first-order valence-electron chi connectivity index (χ1n) is 11.9. The average Bonchev–Trinajstić information content (AvgIpc) is 3.50. The number of nitrogens with zero attached hydrogens (tertiary/aromatic N) is 4. The number of carbonyl (C=O) groups excluding carboxylic acids is 2. The van der Waals surface area contributed by atoms with Gasteiger partial charge in [-0.3, -0.25) is 9.59 Å². The zero-order chi connectivity index (χ0) is 25.5. The molecular formula is C27H29N5O4. The molecule has 2 heterocycles. The van der Waals surface area contributed by atoms with Crippen molar-refractivity contribution in [2.45, 2.75) is 44.2 Å². The van der Waals surface area contributed by atoms with Crippen molar-refractivity contribution < 1.29 is 19.4 Å². The van der Waals surface area contributed by atoms with E-state index in [-0.39, 0.29) is 11.7 Å². The van der Waals surface area contributed by atoms with E-state index in [9.17, 15) is 14.7 Å². The summed E-state index contributed by atoms with van der Waals surface area (Å²) >= 11 is 0. The molecule has 0 saturated heterocycles. The highest BCUT2D eigenvalue weighted by Crippen LogP contribution is 2.32. The van der Waals surface area contributed by atoms with Crippen LogP contribution in [0.25, 0.3) is 0 Å². The minimum absolute atomic E-state index is 0.0354. The van der Waals surface area contributed by atoms with E-state index >= 15 is 0 Å². The lowest BCUT2D eigenvalue weighted by atomic mass is 10.0. The summed E-state index contributed by atoms with van der Waals surface area (Å²) in [5, 5.41) is 14.2. The third kappa shape index (κ3) is 6.29. The van der Waals surface area contributed by atoms with Gasteiger partial charge in [-0.1, -0.05) is 42.2 Å². The summed E-state index contributed by atoms with van der Waals surface area (Å²) < 4.78 is 7.16. The van der Waals surface area contributed by atoms with Crippen molar-refractivity contribution in [1.29, 1.82) is 0 Å². The van der Waals surface area contributed by atoms with Gasteiger partial charge in [-0.25, -0.2) is 9.67 Å². The molecule has 1 aliphatic carbocycles. The topological polar surface area (TPSA) is 124 Å². The number of anilines is 1. The second-order valence-electron chi connectivity index (χ2n) is 8.84. The van der Waals surface area contributed by atoms with Crippen LogP contribution in [0.15, 0.2) is 54.9 Å². The Labute approximate surface area is 209 Å². The summed E-state index contributed by atoms with van der Waals surface area (Å²) in [6.45, 7) is 0.988. The molecule has 1 saturated carbocycles. The van der Waals surface area contributed by atoms with Crippen molar-refractivity contribution >= 4 is 17.5 Å². The fourth-order valence-electron chi connectivity index (χ4n) is 4.06. The van der Waals surface area contributed by atoms with Gasteiger partial charge in [0.15, 0.2) is 0 Å². The molecule has 1 fully saturated rings. The zero-order valence-corrected chi connectivity index (χ0v) is 20.2. The van der Waals surface area contributed by atoms with E-state index in [4.69, 9.17) is 10.5 Å². The predicted molar refractivity (Wildman–Crippen MR) is 134 cm³/mol. The lowest BCUT2D eigenvalue weighted by molar-refractivity contribution is -0.118. The summed E-state index contributed by atoms with van der Waals surface area (Å²) in [5.41, 5.74) is 6.83. The van der Waals surface area contributed by atoms with E-state index in [1.165, 1.54) is 6.33 Å². The molecule has 5 rings (SSSR count). The highest BCUT2D eigenvalue weighted by Gasteiger charge is 2.28. The van der Waals surface area contributed by atoms with Gasteiger partial charge in [-0.05, 0) is 49.4 Å². The Bertz CT molecular complexity index is 1290. The van der Waals surface area contributed by atoms with Crippen molar-refractivity contribution in [3.05, 3.63) is 71.8 Å². The fourth-order valence-corrected chi connectivity index (χ4v) is 4.06. The highest BCUT2D eigenvalue weighted by atomic mass is 16.5. The van der Waals surface area contributed by atoms with Gasteiger partial charge in [0.25, 0.3) is 5.91 Å². The van der Waals surface area contributed by atoms with Crippen LogP contribution >= 0.6 is 0 Å². The third-order valence-corrected chi connectivity index (χ3v) is 6.08. The van der Waals surface area contributed by atoms with E-state index in [0.717, 1.165) is 42.5 Å². The summed E-state index contributed by atoms with van der Waals surface area (Å²) in [4.78, 5) is 28.0. The lowest BCUT2D eigenvalue weighted by Gasteiger charge is -2.16. The smallest absolute Gasteiger partial charge is 0.288 e. The average molecular weight is 488 g/mol. The SMILES string of the molecule is CN1C(=O)CCOc2ccc(C#CC3(O)CCCC3)cc21.NC(=O)c1ncn(Cc2ccccc2)n1. The van der Waals surface area contributed by atoms with Gasteiger partial charge in [0.05, 0.1) is 25.3 Å². The largest absolute Gasteiger partial charge is 0.491 e. The van der Waals surface area contributed by atoms with Crippen molar-refractivity contribution in [3.63, 3.8) is 0 Å². The molecule has 0 atom stereocenters. The Morgan fingerprint density at radius 1 is 1.19 bits per heavy atom. The number of amides is 2. The van der Waals surface area contributed by atoms with Crippen LogP contribution in [0.1, 0.15) is 53.8 Å². The van der Waals surface area contributed by atoms with E-state index in [2.05, 4.69) is 21.9 Å². The van der Waals surface area contributed by atoms with Gasteiger partial charge in [-0.2, -0.15) is 0 Å². The molecule has 0 spiro atoms. The maximum Gasteiger partial charge on any atom is 0.288 e. The molecule has 3 N–H and O–H groups in total. The summed E-state index contributed by atoms with van der Waals surface area (Å²) in [5.74, 6) is 6.20.